The highest BCUT2D eigenvalue weighted by Gasteiger charge is 2.54. The largest absolute Gasteiger partial charge is 0.385 e. The lowest BCUT2D eigenvalue weighted by molar-refractivity contribution is -0.337. The molecule has 0 saturated carbocycles. The summed E-state index contributed by atoms with van der Waals surface area (Å²) in [6, 6.07) is 10.4. The first-order chi connectivity index (χ1) is 22.4. The van der Waals surface area contributed by atoms with Gasteiger partial charge in [0.05, 0.1) is 19.4 Å². The van der Waals surface area contributed by atoms with Gasteiger partial charge in [0, 0.05) is 45.7 Å². The molecule has 2 aliphatic rings. The molecular formula is C31H38F3N3O9. The maximum absolute atomic E-state index is 14.1. The summed E-state index contributed by atoms with van der Waals surface area (Å²) in [5.41, 5.74) is 0.889. The fourth-order valence-electron chi connectivity index (χ4n) is 5.51. The van der Waals surface area contributed by atoms with Crippen LogP contribution < -0.4 is 0 Å². The second-order valence-electron chi connectivity index (χ2n) is 10.7. The molecule has 2 aliphatic heterocycles. The van der Waals surface area contributed by atoms with Gasteiger partial charge in [-0.25, -0.2) is 17.9 Å². The van der Waals surface area contributed by atoms with Crippen LogP contribution in [-0.2, 0) is 42.6 Å². The van der Waals surface area contributed by atoms with Gasteiger partial charge >= 0.3 is 0 Å². The molecule has 0 amide bonds. The molecule has 2 saturated heterocycles. The van der Waals surface area contributed by atoms with Gasteiger partial charge < -0.3 is 42.6 Å². The fourth-order valence-corrected chi connectivity index (χ4v) is 5.51. The third-order valence-corrected chi connectivity index (χ3v) is 7.62. The van der Waals surface area contributed by atoms with Gasteiger partial charge in [-0.05, 0) is 18.6 Å². The molecule has 46 heavy (non-hydrogen) atoms. The Hall–Kier alpha value is -2.99. The molecule has 15 heteroatoms. The van der Waals surface area contributed by atoms with Gasteiger partial charge in [-0.2, -0.15) is 0 Å². The van der Waals surface area contributed by atoms with Crippen molar-refractivity contribution in [3.63, 3.8) is 0 Å². The molecule has 3 heterocycles. The maximum atomic E-state index is 14.1. The van der Waals surface area contributed by atoms with Gasteiger partial charge in [0.1, 0.15) is 55.8 Å². The van der Waals surface area contributed by atoms with Gasteiger partial charge in [-0.15, -0.1) is 5.10 Å². The number of benzene rings is 2. The quantitative estimate of drug-likeness (QED) is 0.128. The first kappa shape index (κ1) is 34.3. The fraction of sp³-hybridized carbons (Fsp3) is 0.548. The molecule has 1 aromatic heterocycles. The van der Waals surface area contributed by atoms with E-state index in [0.29, 0.717) is 19.6 Å². The van der Waals surface area contributed by atoms with Crippen LogP contribution in [0.3, 0.4) is 0 Å². The van der Waals surface area contributed by atoms with E-state index in [1.165, 1.54) is 25.1 Å². The SMILES string of the molecule is COCCCOC[C@@H](OCOC)[C@@H]1OC2COC(c3ccccc3)O[C@@H]2[C@H](n2cc(-c3cc(F)c(F)c(F)c3)nn2)C1OCOC. The number of methoxy groups -OCH3 is 3. The summed E-state index contributed by atoms with van der Waals surface area (Å²) >= 11 is 0. The highest BCUT2D eigenvalue weighted by atomic mass is 19.2. The molecule has 252 valence electrons. The molecule has 0 radical (unpaired) electrons. The van der Waals surface area contributed by atoms with Gasteiger partial charge in [-0.1, -0.05) is 35.5 Å². The average molecular weight is 654 g/mol. The Morgan fingerprint density at radius 2 is 1.72 bits per heavy atom. The first-order valence-corrected chi connectivity index (χ1v) is 14.8. The summed E-state index contributed by atoms with van der Waals surface area (Å²) in [5.74, 6) is -4.27. The minimum absolute atomic E-state index is 0.00186. The maximum Gasteiger partial charge on any atom is 0.194 e. The Morgan fingerprint density at radius 3 is 2.43 bits per heavy atom. The van der Waals surface area contributed by atoms with Crippen LogP contribution in [0.1, 0.15) is 24.3 Å². The lowest BCUT2D eigenvalue weighted by atomic mass is 9.89. The van der Waals surface area contributed by atoms with Crippen molar-refractivity contribution in [1.29, 1.82) is 0 Å². The minimum Gasteiger partial charge on any atom is -0.385 e. The van der Waals surface area contributed by atoms with Crippen LogP contribution in [0.15, 0.2) is 48.7 Å². The van der Waals surface area contributed by atoms with E-state index < -0.39 is 60.3 Å². The summed E-state index contributed by atoms with van der Waals surface area (Å²) in [5, 5.41) is 8.47. The standard InChI is InChI=1S/C31H38F3N3O9/c1-38-10-7-11-41-15-24(43-17-39-2)29-30(44-18-40-3)27(28-25(45-29)16-42-31(46-28)19-8-5-4-6-9-19)37-14-23(35-36-37)20-12-21(32)26(34)22(33)13-20/h4-6,8-9,12-14,24-25,27-31H,7,10-11,15-18H2,1-3H3/t24-,25?,27+,28+,29+,30?,31?/m1/s1. The van der Waals surface area contributed by atoms with Crippen molar-refractivity contribution in [2.75, 3.05) is 61.3 Å². The summed E-state index contributed by atoms with van der Waals surface area (Å²) in [6.45, 7) is 1.03. The van der Waals surface area contributed by atoms with Crippen LogP contribution in [0.4, 0.5) is 13.2 Å². The number of fused-ring (bicyclic) bond motifs is 1. The number of hydrogen-bond donors (Lipinski definition) is 0. The van der Waals surface area contributed by atoms with E-state index in [1.54, 1.807) is 7.11 Å². The number of ether oxygens (including phenoxy) is 9. The molecule has 2 fully saturated rings. The molecule has 0 N–H and O–H groups in total. The van der Waals surface area contributed by atoms with Crippen LogP contribution in [0.25, 0.3) is 11.3 Å². The van der Waals surface area contributed by atoms with Crippen LogP contribution >= 0.6 is 0 Å². The molecule has 7 atom stereocenters. The van der Waals surface area contributed by atoms with E-state index >= 15 is 0 Å². The Morgan fingerprint density at radius 1 is 0.957 bits per heavy atom. The highest BCUT2D eigenvalue weighted by molar-refractivity contribution is 5.58. The van der Waals surface area contributed by atoms with E-state index in [2.05, 4.69) is 10.3 Å². The van der Waals surface area contributed by atoms with E-state index in [0.717, 1.165) is 17.7 Å². The molecule has 12 nitrogen and oxygen atoms in total. The Bertz CT molecular complexity index is 1350. The van der Waals surface area contributed by atoms with Gasteiger partial charge in [0.2, 0.25) is 0 Å². The number of nitrogens with zero attached hydrogens (tertiary/aromatic N) is 3. The molecule has 3 aromatic rings. The van der Waals surface area contributed by atoms with Gasteiger partial charge in [-0.3, -0.25) is 0 Å². The van der Waals surface area contributed by atoms with Crippen LogP contribution in [0.5, 0.6) is 0 Å². The van der Waals surface area contributed by atoms with E-state index in [-0.39, 0.29) is 38.1 Å². The van der Waals surface area contributed by atoms with Gasteiger partial charge in [0.15, 0.2) is 23.7 Å². The zero-order valence-corrected chi connectivity index (χ0v) is 25.8. The second-order valence-corrected chi connectivity index (χ2v) is 10.7. The third-order valence-electron chi connectivity index (χ3n) is 7.62. The van der Waals surface area contributed by atoms with Crippen molar-refractivity contribution in [3.05, 3.63) is 71.7 Å². The summed E-state index contributed by atoms with van der Waals surface area (Å²) in [7, 11) is 4.60. The molecule has 0 spiro atoms. The monoisotopic (exact) mass is 653 g/mol. The van der Waals surface area contributed by atoms with Crippen molar-refractivity contribution in [3.8, 4) is 11.3 Å². The Balaban J connectivity index is 1.51. The molecule has 5 rings (SSSR count). The predicted molar refractivity (Wildman–Crippen MR) is 154 cm³/mol. The Kier molecular flexibility index (Phi) is 12.5. The highest BCUT2D eigenvalue weighted by Crippen LogP contribution is 2.42. The molecular weight excluding hydrogens is 615 g/mol. The topological polar surface area (TPSA) is 114 Å². The normalized spacial score (nSPS) is 25.3. The number of hydrogen-bond acceptors (Lipinski definition) is 11. The van der Waals surface area contributed by atoms with Crippen LogP contribution in [0.2, 0.25) is 0 Å². The number of rotatable bonds is 16. The zero-order valence-electron chi connectivity index (χ0n) is 25.8. The Labute approximate surface area is 264 Å². The molecule has 2 aromatic carbocycles. The van der Waals surface area contributed by atoms with E-state index in [4.69, 9.17) is 42.6 Å². The minimum atomic E-state index is -1.58. The lowest BCUT2D eigenvalue weighted by Gasteiger charge is -2.50. The molecule has 0 aliphatic carbocycles. The van der Waals surface area contributed by atoms with Crippen molar-refractivity contribution < 1.29 is 55.8 Å². The predicted octanol–water partition coefficient (Wildman–Crippen LogP) is 3.82. The van der Waals surface area contributed by atoms with E-state index in [1.807, 2.05) is 30.3 Å². The first-order valence-electron chi connectivity index (χ1n) is 14.8. The van der Waals surface area contributed by atoms with Crippen molar-refractivity contribution in [2.24, 2.45) is 0 Å². The molecule has 0 bridgehead atoms. The van der Waals surface area contributed by atoms with Crippen LogP contribution in [0, 0.1) is 17.5 Å². The lowest BCUT2D eigenvalue weighted by Crippen LogP contribution is -2.63. The number of halogens is 3. The second kappa shape index (κ2) is 16.7. The van der Waals surface area contributed by atoms with E-state index in [9.17, 15) is 13.2 Å². The van der Waals surface area contributed by atoms with Crippen molar-refractivity contribution in [1.82, 2.24) is 15.0 Å². The zero-order chi connectivity index (χ0) is 32.5. The summed E-state index contributed by atoms with van der Waals surface area (Å²) in [4.78, 5) is 0. The summed E-state index contributed by atoms with van der Waals surface area (Å²) < 4.78 is 96.5. The third kappa shape index (κ3) is 8.10. The number of aromatic nitrogens is 3. The van der Waals surface area contributed by atoms with Crippen molar-refractivity contribution in [2.45, 2.75) is 49.3 Å². The van der Waals surface area contributed by atoms with Gasteiger partial charge in [0.25, 0.3) is 0 Å². The summed E-state index contributed by atoms with van der Waals surface area (Å²) in [6.07, 6.45) is -2.23. The van der Waals surface area contributed by atoms with Crippen molar-refractivity contribution >= 4 is 0 Å². The average Bonchev–Trinajstić information content (AvgIpc) is 3.57. The smallest absolute Gasteiger partial charge is 0.194 e. The molecule has 3 unspecified atom stereocenters. The van der Waals surface area contributed by atoms with Crippen LogP contribution in [-0.4, -0.2) is 107 Å².